The predicted octanol–water partition coefficient (Wildman–Crippen LogP) is 5.49. The first-order chi connectivity index (χ1) is 8.08. The van der Waals surface area contributed by atoms with Gasteiger partial charge >= 0.3 is 0 Å². The summed E-state index contributed by atoms with van der Waals surface area (Å²) in [4.78, 5) is 0. The smallest absolute Gasteiger partial charge is 0.130 e. The Labute approximate surface area is 111 Å². The van der Waals surface area contributed by atoms with E-state index in [1.54, 1.807) is 0 Å². The molecule has 1 unspecified atom stereocenters. The SMILES string of the molecule is CCCCC(CC)Cc1c(F)cc(Br)cc1F. The Hall–Kier alpha value is -0.440. The van der Waals surface area contributed by atoms with Gasteiger partial charge in [0.15, 0.2) is 0 Å². The maximum absolute atomic E-state index is 13.7. The quantitative estimate of drug-likeness (QED) is 0.652. The summed E-state index contributed by atoms with van der Waals surface area (Å²) in [6.07, 6.45) is 4.76. The third-order valence-electron chi connectivity index (χ3n) is 3.14. The number of rotatable bonds is 6. The summed E-state index contributed by atoms with van der Waals surface area (Å²) in [5.41, 5.74) is 0.233. The Morgan fingerprint density at radius 3 is 2.24 bits per heavy atom. The third kappa shape index (κ3) is 4.38. The van der Waals surface area contributed by atoms with Crippen molar-refractivity contribution in [1.29, 1.82) is 0 Å². The summed E-state index contributed by atoms with van der Waals surface area (Å²) < 4.78 is 27.8. The maximum atomic E-state index is 13.7. The Balaban J connectivity index is 2.78. The van der Waals surface area contributed by atoms with Crippen molar-refractivity contribution in [2.45, 2.75) is 46.0 Å². The van der Waals surface area contributed by atoms with E-state index >= 15 is 0 Å². The first-order valence-electron chi connectivity index (χ1n) is 6.21. The van der Waals surface area contributed by atoms with E-state index in [2.05, 4.69) is 29.8 Å². The molecule has 0 radical (unpaired) electrons. The number of halogens is 3. The standard InChI is InChI=1S/C14H19BrF2/c1-3-5-6-10(4-2)7-12-13(16)8-11(15)9-14(12)17/h8-10H,3-7H2,1-2H3. The number of unbranched alkanes of at least 4 members (excludes halogenated alkanes) is 1. The highest BCUT2D eigenvalue weighted by atomic mass is 79.9. The van der Waals surface area contributed by atoms with Gasteiger partial charge in [-0.25, -0.2) is 8.78 Å². The number of hydrogen-bond donors (Lipinski definition) is 0. The average Bonchev–Trinajstić information content (AvgIpc) is 2.27. The van der Waals surface area contributed by atoms with Crippen molar-refractivity contribution in [3.8, 4) is 0 Å². The Bertz CT molecular complexity index is 340. The summed E-state index contributed by atoms with van der Waals surface area (Å²) in [5.74, 6) is -0.501. The number of benzene rings is 1. The topological polar surface area (TPSA) is 0 Å². The van der Waals surface area contributed by atoms with Crippen LogP contribution in [0.3, 0.4) is 0 Å². The molecule has 0 aromatic heterocycles. The molecule has 0 N–H and O–H groups in total. The molecule has 0 heterocycles. The molecular weight excluding hydrogens is 286 g/mol. The zero-order valence-electron chi connectivity index (χ0n) is 10.4. The van der Waals surface area contributed by atoms with Gasteiger partial charge in [0, 0.05) is 10.0 Å². The van der Waals surface area contributed by atoms with Crippen molar-refractivity contribution in [2.75, 3.05) is 0 Å². The van der Waals surface area contributed by atoms with Crippen LogP contribution in [0.4, 0.5) is 8.78 Å². The molecule has 0 aliphatic heterocycles. The third-order valence-corrected chi connectivity index (χ3v) is 3.60. The second-order valence-electron chi connectivity index (χ2n) is 4.47. The van der Waals surface area contributed by atoms with Gasteiger partial charge in [-0.15, -0.1) is 0 Å². The zero-order chi connectivity index (χ0) is 12.8. The number of hydrogen-bond acceptors (Lipinski definition) is 0. The van der Waals surface area contributed by atoms with Crippen LogP contribution in [0.5, 0.6) is 0 Å². The minimum atomic E-state index is -0.438. The molecule has 0 amide bonds. The van der Waals surface area contributed by atoms with Crippen LogP contribution < -0.4 is 0 Å². The molecule has 0 aliphatic carbocycles. The van der Waals surface area contributed by atoms with Gasteiger partial charge in [-0.3, -0.25) is 0 Å². The van der Waals surface area contributed by atoms with Crippen molar-refractivity contribution in [2.24, 2.45) is 5.92 Å². The van der Waals surface area contributed by atoms with Gasteiger partial charge in [-0.1, -0.05) is 55.5 Å². The molecule has 1 aromatic carbocycles. The highest BCUT2D eigenvalue weighted by Crippen LogP contribution is 2.25. The molecule has 1 atom stereocenters. The lowest BCUT2D eigenvalue weighted by Crippen LogP contribution is -2.07. The van der Waals surface area contributed by atoms with Crippen LogP contribution in [0, 0.1) is 17.6 Å². The van der Waals surface area contributed by atoms with Gasteiger partial charge in [0.25, 0.3) is 0 Å². The summed E-state index contributed by atoms with van der Waals surface area (Å²) in [5, 5.41) is 0. The van der Waals surface area contributed by atoms with Gasteiger partial charge < -0.3 is 0 Å². The average molecular weight is 305 g/mol. The van der Waals surface area contributed by atoms with Crippen LogP contribution in [-0.4, -0.2) is 0 Å². The monoisotopic (exact) mass is 304 g/mol. The molecule has 96 valence electrons. The molecule has 0 nitrogen and oxygen atoms in total. The highest BCUT2D eigenvalue weighted by Gasteiger charge is 2.15. The minimum absolute atomic E-state index is 0.233. The van der Waals surface area contributed by atoms with Crippen molar-refractivity contribution in [3.63, 3.8) is 0 Å². The van der Waals surface area contributed by atoms with Gasteiger partial charge in [0.2, 0.25) is 0 Å². The lowest BCUT2D eigenvalue weighted by Gasteiger charge is -2.15. The Morgan fingerprint density at radius 2 is 1.76 bits per heavy atom. The molecule has 1 rings (SSSR count). The maximum Gasteiger partial charge on any atom is 0.130 e. The Morgan fingerprint density at radius 1 is 1.18 bits per heavy atom. The normalized spacial score (nSPS) is 12.8. The Kier molecular flexibility index (Phi) is 6.10. The van der Waals surface area contributed by atoms with Crippen LogP contribution in [0.1, 0.15) is 45.1 Å². The first kappa shape index (κ1) is 14.6. The van der Waals surface area contributed by atoms with Crippen LogP contribution in [0.25, 0.3) is 0 Å². The van der Waals surface area contributed by atoms with Crippen molar-refractivity contribution >= 4 is 15.9 Å². The second kappa shape index (κ2) is 7.10. The fraction of sp³-hybridized carbons (Fsp3) is 0.571. The van der Waals surface area contributed by atoms with E-state index in [4.69, 9.17) is 0 Å². The largest absolute Gasteiger partial charge is 0.207 e. The van der Waals surface area contributed by atoms with Crippen LogP contribution >= 0.6 is 15.9 Å². The lowest BCUT2D eigenvalue weighted by atomic mass is 9.91. The molecule has 1 aromatic rings. The van der Waals surface area contributed by atoms with Gasteiger partial charge in [0.05, 0.1) is 0 Å². The van der Waals surface area contributed by atoms with Gasteiger partial charge in [-0.2, -0.15) is 0 Å². The lowest BCUT2D eigenvalue weighted by molar-refractivity contribution is 0.428. The fourth-order valence-electron chi connectivity index (χ4n) is 2.00. The van der Waals surface area contributed by atoms with Crippen molar-refractivity contribution in [3.05, 3.63) is 33.8 Å². The van der Waals surface area contributed by atoms with E-state index in [-0.39, 0.29) is 5.56 Å². The second-order valence-corrected chi connectivity index (χ2v) is 5.38. The molecule has 0 saturated heterocycles. The molecule has 0 bridgehead atoms. The van der Waals surface area contributed by atoms with E-state index < -0.39 is 11.6 Å². The van der Waals surface area contributed by atoms with E-state index in [1.165, 1.54) is 12.1 Å². The fourth-order valence-corrected chi connectivity index (χ4v) is 2.40. The minimum Gasteiger partial charge on any atom is -0.207 e. The first-order valence-corrected chi connectivity index (χ1v) is 7.01. The molecule has 0 saturated carbocycles. The summed E-state index contributed by atoms with van der Waals surface area (Å²) in [6.45, 7) is 4.21. The van der Waals surface area contributed by atoms with E-state index in [0.717, 1.165) is 25.7 Å². The summed E-state index contributed by atoms with van der Waals surface area (Å²) >= 11 is 3.09. The highest BCUT2D eigenvalue weighted by molar-refractivity contribution is 9.10. The van der Waals surface area contributed by atoms with Gasteiger partial charge in [-0.05, 0) is 24.5 Å². The molecular formula is C14H19BrF2. The van der Waals surface area contributed by atoms with E-state index in [1.807, 2.05) is 0 Å². The van der Waals surface area contributed by atoms with Crippen LogP contribution in [-0.2, 0) is 6.42 Å². The molecule has 3 heteroatoms. The summed E-state index contributed by atoms with van der Waals surface area (Å²) in [6, 6.07) is 2.68. The molecule has 0 fully saturated rings. The van der Waals surface area contributed by atoms with Crippen molar-refractivity contribution in [1.82, 2.24) is 0 Å². The van der Waals surface area contributed by atoms with Gasteiger partial charge in [0.1, 0.15) is 11.6 Å². The molecule has 0 spiro atoms. The summed E-state index contributed by atoms with van der Waals surface area (Å²) in [7, 11) is 0. The van der Waals surface area contributed by atoms with Crippen LogP contribution in [0.15, 0.2) is 16.6 Å². The predicted molar refractivity (Wildman–Crippen MR) is 71.1 cm³/mol. The van der Waals surface area contributed by atoms with Crippen molar-refractivity contribution < 1.29 is 8.78 Å². The van der Waals surface area contributed by atoms with E-state index in [0.29, 0.717) is 16.8 Å². The van der Waals surface area contributed by atoms with Crippen LogP contribution in [0.2, 0.25) is 0 Å². The zero-order valence-corrected chi connectivity index (χ0v) is 12.0. The van der Waals surface area contributed by atoms with E-state index in [9.17, 15) is 8.78 Å². The molecule has 0 aliphatic rings. The molecule has 17 heavy (non-hydrogen) atoms.